The van der Waals surface area contributed by atoms with Crippen LogP contribution in [-0.4, -0.2) is 0 Å². The molecule has 0 aromatic heterocycles. The van der Waals surface area contributed by atoms with Crippen LogP contribution in [0.4, 0.5) is 0 Å². The minimum absolute atomic E-state index is 0.850. The molecule has 0 N–H and O–H groups in total. The second kappa shape index (κ2) is 8.20. The summed E-state index contributed by atoms with van der Waals surface area (Å²) in [5.41, 5.74) is 0. The van der Waals surface area contributed by atoms with Crippen molar-refractivity contribution in [2.45, 2.75) is 0 Å². The molecule has 4 unspecified atom stereocenters. The van der Waals surface area contributed by atoms with Gasteiger partial charge in [-0.25, -0.2) is 0 Å². The van der Waals surface area contributed by atoms with Crippen LogP contribution in [0, 0.1) is 0 Å². The molecular formula is C4H10P4. The van der Waals surface area contributed by atoms with Gasteiger partial charge in [0.1, 0.15) is 0 Å². The third kappa shape index (κ3) is 7.20. The Balaban J connectivity index is 3.13. The topological polar surface area (TPSA) is 0 Å². The van der Waals surface area contributed by atoms with E-state index >= 15 is 0 Å². The Labute approximate surface area is 58.7 Å². The van der Waals surface area contributed by atoms with Crippen LogP contribution in [0.2, 0.25) is 0 Å². The zero-order chi connectivity index (χ0) is 6.24. The molecule has 0 aliphatic rings. The lowest BCUT2D eigenvalue weighted by atomic mass is 10.6. The summed E-state index contributed by atoms with van der Waals surface area (Å²) in [5.74, 6) is 4.26. The molecule has 0 fully saturated rings. The molecule has 0 aliphatic heterocycles. The minimum Gasteiger partial charge on any atom is -0.110 e. The van der Waals surface area contributed by atoms with Crippen LogP contribution in [0.1, 0.15) is 0 Å². The molecule has 8 heavy (non-hydrogen) atoms. The third-order valence-electron chi connectivity index (χ3n) is 0.496. The number of hydrogen-bond donors (Lipinski definition) is 0. The van der Waals surface area contributed by atoms with Gasteiger partial charge >= 0.3 is 0 Å². The van der Waals surface area contributed by atoms with Gasteiger partial charge < -0.3 is 0 Å². The summed E-state index contributed by atoms with van der Waals surface area (Å²) in [7, 11) is 7.04. The van der Waals surface area contributed by atoms with Crippen LogP contribution in [-0.2, 0) is 0 Å². The average molecular weight is 182 g/mol. The summed E-state index contributed by atoms with van der Waals surface area (Å²) in [6.07, 6.45) is 4.14. The Morgan fingerprint density at radius 3 is 1.50 bits per heavy atom. The lowest BCUT2D eigenvalue weighted by Gasteiger charge is -1.74. The van der Waals surface area contributed by atoms with E-state index in [-0.39, 0.29) is 0 Å². The van der Waals surface area contributed by atoms with Crippen LogP contribution in [0.15, 0.2) is 23.8 Å². The molecule has 0 spiro atoms. The van der Waals surface area contributed by atoms with Crippen molar-refractivity contribution in [1.82, 2.24) is 0 Å². The molecule has 0 aromatic carbocycles. The normalized spacial score (nSPS) is 14.8. The van der Waals surface area contributed by atoms with Gasteiger partial charge in [-0.15, -0.1) is 17.9 Å². The first-order chi connectivity index (χ1) is 3.91. The average Bonchev–Trinajstić information content (AvgIpc) is 1.81. The molecule has 0 saturated heterocycles. The Kier molecular flexibility index (Phi) is 9.43. The fourth-order valence-corrected chi connectivity index (χ4v) is 1.33. The van der Waals surface area contributed by atoms with Crippen LogP contribution in [0.5, 0.6) is 0 Å². The van der Waals surface area contributed by atoms with Gasteiger partial charge in [0.25, 0.3) is 0 Å². The molecule has 0 radical (unpaired) electrons. The molecule has 4 atom stereocenters. The van der Waals surface area contributed by atoms with Gasteiger partial charge in [0.2, 0.25) is 0 Å². The maximum absolute atomic E-state index is 2.67. The maximum atomic E-state index is 2.67. The number of rotatable bonds is 3. The second-order valence-electron chi connectivity index (χ2n) is 1.05. The lowest BCUT2D eigenvalue weighted by molar-refractivity contribution is 2.10. The Morgan fingerprint density at radius 2 is 1.25 bits per heavy atom. The maximum Gasteiger partial charge on any atom is -0.0594 e. The highest BCUT2D eigenvalue weighted by Gasteiger charge is 1.61. The van der Waals surface area contributed by atoms with Crippen LogP contribution >= 0.6 is 34.4 Å². The molecular weight excluding hydrogens is 172 g/mol. The molecule has 0 aliphatic carbocycles. The van der Waals surface area contributed by atoms with E-state index in [0.29, 0.717) is 0 Å². The van der Waals surface area contributed by atoms with Gasteiger partial charge in [0, 0.05) is 0 Å². The molecule has 0 rings (SSSR count). The Hall–Kier alpha value is 1.20. The van der Waals surface area contributed by atoms with E-state index in [0.717, 1.165) is 16.5 Å². The third-order valence-corrected chi connectivity index (χ3v) is 2.42. The van der Waals surface area contributed by atoms with Crippen LogP contribution in [0.25, 0.3) is 0 Å². The van der Waals surface area contributed by atoms with Gasteiger partial charge in [-0.1, -0.05) is 40.3 Å². The van der Waals surface area contributed by atoms with Gasteiger partial charge in [0.05, 0.1) is 0 Å². The predicted octanol–water partition coefficient (Wildman–Crippen LogP) is 2.95. The monoisotopic (exact) mass is 182 g/mol. The summed E-state index contributed by atoms with van der Waals surface area (Å²) in [6, 6.07) is 0. The van der Waals surface area contributed by atoms with Crippen LogP contribution in [0.3, 0.4) is 0 Å². The molecule has 0 nitrogen and oxygen atoms in total. The first-order valence-electron chi connectivity index (χ1n) is 2.15. The summed E-state index contributed by atoms with van der Waals surface area (Å²) in [5, 5.41) is 0. The van der Waals surface area contributed by atoms with Crippen molar-refractivity contribution in [1.29, 1.82) is 0 Å². The molecule has 0 amide bonds. The molecule has 0 heterocycles. The first-order valence-corrected chi connectivity index (χ1v) is 7.93. The Bertz CT molecular complexity index is 74.0. The predicted molar refractivity (Wildman–Crippen MR) is 54.3 cm³/mol. The zero-order valence-electron chi connectivity index (χ0n) is 4.46. The molecule has 0 saturated carbocycles. The number of allylic oxidation sites excluding steroid dienone is 2. The zero-order valence-corrected chi connectivity index (χ0v) is 8.77. The minimum atomic E-state index is 0.850. The standard InChI is InChI=1S/C4H10P4/c5-7-3-1-2-4-8-6/h1-4,7-8H,5-6H2/b3-1+,4-2+. The van der Waals surface area contributed by atoms with E-state index in [1.54, 1.807) is 0 Å². The van der Waals surface area contributed by atoms with Crippen molar-refractivity contribution < 1.29 is 0 Å². The summed E-state index contributed by atoms with van der Waals surface area (Å²) < 4.78 is 0. The largest absolute Gasteiger partial charge is 0.110 e. The fourth-order valence-electron chi connectivity index (χ4n) is 0.222. The van der Waals surface area contributed by atoms with Crippen LogP contribution < -0.4 is 0 Å². The Morgan fingerprint density at radius 1 is 0.875 bits per heavy atom. The molecule has 4 heteroatoms. The SMILES string of the molecule is PP/C=C/C=C/PP. The van der Waals surface area contributed by atoms with E-state index in [9.17, 15) is 0 Å². The number of hydrogen-bond acceptors (Lipinski definition) is 0. The molecule has 46 valence electrons. The van der Waals surface area contributed by atoms with Crippen molar-refractivity contribution in [2.75, 3.05) is 0 Å². The van der Waals surface area contributed by atoms with Crippen molar-refractivity contribution in [3.8, 4) is 0 Å². The lowest BCUT2D eigenvalue weighted by Crippen LogP contribution is -1.37. The van der Waals surface area contributed by atoms with Crippen molar-refractivity contribution in [3.63, 3.8) is 0 Å². The van der Waals surface area contributed by atoms with E-state index in [1.165, 1.54) is 0 Å². The van der Waals surface area contributed by atoms with Gasteiger partial charge in [0.15, 0.2) is 0 Å². The summed E-state index contributed by atoms with van der Waals surface area (Å²) in [4.78, 5) is 0. The van der Waals surface area contributed by atoms with E-state index in [4.69, 9.17) is 0 Å². The van der Waals surface area contributed by atoms with Gasteiger partial charge in [-0.3, -0.25) is 0 Å². The van der Waals surface area contributed by atoms with Gasteiger partial charge in [-0.05, 0) is 0 Å². The smallest absolute Gasteiger partial charge is 0.0594 e. The van der Waals surface area contributed by atoms with Gasteiger partial charge in [-0.2, -0.15) is 0 Å². The summed E-state index contributed by atoms with van der Waals surface area (Å²) >= 11 is 0. The second-order valence-corrected chi connectivity index (χ2v) is 4.38. The van der Waals surface area contributed by atoms with E-state index < -0.39 is 0 Å². The highest BCUT2D eigenvalue weighted by Crippen LogP contribution is 2.23. The van der Waals surface area contributed by atoms with E-state index in [1.807, 2.05) is 0 Å². The highest BCUT2D eigenvalue weighted by atomic mass is 32.0. The van der Waals surface area contributed by atoms with E-state index in [2.05, 4.69) is 41.6 Å². The quantitative estimate of drug-likeness (QED) is 0.464. The van der Waals surface area contributed by atoms with Crippen molar-refractivity contribution in [2.24, 2.45) is 0 Å². The summed E-state index contributed by atoms with van der Waals surface area (Å²) in [6.45, 7) is 0. The molecule has 0 aromatic rings. The first kappa shape index (κ1) is 9.20. The fraction of sp³-hybridized carbons (Fsp3) is 0. The highest BCUT2D eigenvalue weighted by molar-refractivity contribution is 8.04. The van der Waals surface area contributed by atoms with Crippen molar-refractivity contribution in [3.05, 3.63) is 23.8 Å². The molecule has 0 bridgehead atoms. The van der Waals surface area contributed by atoms with Crippen molar-refractivity contribution >= 4 is 34.4 Å².